The van der Waals surface area contributed by atoms with Gasteiger partial charge in [-0.05, 0) is 6.42 Å². The molecule has 0 aliphatic heterocycles. The third-order valence-corrected chi connectivity index (χ3v) is 4.76. The van der Waals surface area contributed by atoms with Crippen LogP contribution in [0, 0.1) is 0 Å². The second-order valence-electron chi connectivity index (χ2n) is 4.68. The Kier molecular flexibility index (Phi) is 14.2. The third-order valence-electron chi connectivity index (χ3n) is 2.58. The lowest BCUT2D eigenvalue weighted by Gasteiger charge is -2.06. The number of rotatable bonds is 13. The molecule has 0 unspecified atom stereocenters. The van der Waals surface area contributed by atoms with E-state index in [4.69, 9.17) is 0 Å². The van der Waals surface area contributed by atoms with Gasteiger partial charge in [0.2, 0.25) is 23.6 Å². The molecule has 4 amide bonds. The number of likely N-dealkylation sites (N-methyl/N-ethyl adjacent to an activating group) is 1. The summed E-state index contributed by atoms with van der Waals surface area (Å²) in [5, 5.41) is 10.1. The van der Waals surface area contributed by atoms with E-state index in [1.807, 2.05) is 6.92 Å². The van der Waals surface area contributed by atoms with Crippen molar-refractivity contribution < 1.29 is 19.2 Å². The molecule has 0 aliphatic rings. The van der Waals surface area contributed by atoms with Crippen LogP contribution in [0.1, 0.15) is 13.3 Å². The van der Waals surface area contributed by atoms with E-state index < -0.39 is 0 Å². The normalized spacial score (nSPS) is 9.92. The van der Waals surface area contributed by atoms with Crippen molar-refractivity contribution in [2.45, 2.75) is 13.3 Å². The van der Waals surface area contributed by atoms with E-state index in [0.29, 0.717) is 6.54 Å². The van der Waals surface area contributed by atoms with Crippen LogP contribution in [0.3, 0.4) is 0 Å². The van der Waals surface area contributed by atoms with Gasteiger partial charge in [-0.25, -0.2) is 0 Å². The summed E-state index contributed by atoms with van der Waals surface area (Å²) in [6.07, 6.45) is 0.858. The van der Waals surface area contributed by atoms with Crippen LogP contribution in [0.2, 0.25) is 0 Å². The van der Waals surface area contributed by atoms with Gasteiger partial charge in [0.15, 0.2) is 0 Å². The minimum absolute atomic E-state index is 0.000345. The number of amides is 4. The number of thioether (sulfide) groups is 2. The van der Waals surface area contributed by atoms with Gasteiger partial charge in [-0.1, -0.05) is 6.92 Å². The molecule has 0 aromatic carbocycles. The highest BCUT2D eigenvalue weighted by atomic mass is 32.2. The Hall–Kier alpha value is -1.42. The molecular formula is C14H26N4O4S2. The Labute approximate surface area is 151 Å². The average molecular weight is 379 g/mol. The minimum Gasteiger partial charge on any atom is -0.358 e. The van der Waals surface area contributed by atoms with E-state index in [1.165, 1.54) is 30.6 Å². The summed E-state index contributed by atoms with van der Waals surface area (Å²) in [5.74, 6) is 1.22. The van der Waals surface area contributed by atoms with E-state index in [2.05, 4.69) is 21.3 Å². The fourth-order valence-corrected chi connectivity index (χ4v) is 3.13. The summed E-state index contributed by atoms with van der Waals surface area (Å²) in [6, 6.07) is 0. The molecule has 0 saturated carbocycles. The van der Waals surface area contributed by atoms with Gasteiger partial charge in [0.25, 0.3) is 0 Å². The molecule has 0 aromatic heterocycles. The molecule has 24 heavy (non-hydrogen) atoms. The van der Waals surface area contributed by atoms with Gasteiger partial charge in [0.1, 0.15) is 0 Å². The molecule has 0 aromatic rings. The van der Waals surface area contributed by atoms with Gasteiger partial charge >= 0.3 is 0 Å². The predicted octanol–water partition coefficient (Wildman–Crippen LogP) is -1.04. The van der Waals surface area contributed by atoms with Crippen LogP contribution in [0.5, 0.6) is 0 Å². The first-order valence-electron chi connectivity index (χ1n) is 7.65. The second kappa shape index (κ2) is 15.1. The van der Waals surface area contributed by atoms with Crippen molar-refractivity contribution in [1.82, 2.24) is 21.3 Å². The standard InChI is InChI=1S/C14H26N4O4S2/c1-3-4-16-12(20)8-18-14(22)10-24-6-5-23-9-13(21)17-7-11(19)15-2/h3-10H2,1-2H3,(H,15,19)(H,16,20)(H,17,21)(H,18,22). The number of carbonyl (C=O) groups is 4. The monoisotopic (exact) mass is 378 g/mol. The van der Waals surface area contributed by atoms with Crippen molar-refractivity contribution in [1.29, 1.82) is 0 Å². The van der Waals surface area contributed by atoms with Crippen LogP contribution in [0.25, 0.3) is 0 Å². The molecule has 0 aliphatic carbocycles. The first-order chi connectivity index (χ1) is 11.5. The maximum absolute atomic E-state index is 11.5. The van der Waals surface area contributed by atoms with Crippen LogP contribution < -0.4 is 21.3 Å². The van der Waals surface area contributed by atoms with Crippen LogP contribution >= 0.6 is 23.5 Å². The molecule has 0 atom stereocenters. The van der Waals surface area contributed by atoms with Gasteiger partial charge in [-0.2, -0.15) is 23.5 Å². The Morgan fingerprint density at radius 2 is 1.25 bits per heavy atom. The summed E-state index contributed by atoms with van der Waals surface area (Å²) < 4.78 is 0. The van der Waals surface area contributed by atoms with Crippen molar-refractivity contribution in [3.63, 3.8) is 0 Å². The third kappa shape index (κ3) is 14.2. The molecule has 8 nitrogen and oxygen atoms in total. The minimum atomic E-state index is -0.238. The Morgan fingerprint density at radius 1 is 0.750 bits per heavy atom. The molecule has 0 spiro atoms. The smallest absolute Gasteiger partial charge is 0.239 e. The fourth-order valence-electron chi connectivity index (χ4n) is 1.32. The first kappa shape index (κ1) is 22.6. The van der Waals surface area contributed by atoms with Gasteiger partial charge in [-0.15, -0.1) is 0 Å². The van der Waals surface area contributed by atoms with E-state index >= 15 is 0 Å². The Morgan fingerprint density at radius 3 is 1.71 bits per heavy atom. The van der Waals surface area contributed by atoms with E-state index in [-0.39, 0.29) is 48.2 Å². The molecule has 0 rings (SSSR count). The van der Waals surface area contributed by atoms with Crippen molar-refractivity contribution in [2.75, 3.05) is 49.7 Å². The lowest BCUT2D eigenvalue weighted by atomic mass is 10.4. The second-order valence-corrected chi connectivity index (χ2v) is 6.89. The molecule has 4 N–H and O–H groups in total. The van der Waals surface area contributed by atoms with Crippen molar-refractivity contribution in [2.24, 2.45) is 0 Å². The molecule has 0 saturated heterocycles. The average Bonchev–Trinajstić information content (AvgIpc) is 2.58. The van der Waals surface area contributed by atoms with E-state index in [9.17, 15) is 19.2 Å². The lowest BCUT2D eigenvalue weighted by molar-refractivity contribution is -0.124. The maximum Gasteiger partial charge on any atom is 0.239 e. The number of hydrogen-bond acceptors (Lipinski definition) is 6. The van der Waals surface area contributed by atoms with Gasteiger partial charge in [0, 0.05) is 25.1 Å². The van der Waals surface area contributed by atoms with Crippen molar-refractivity contribution in [3.8, 4) is 0 Å². The largest absolute Gasteiger partial charge is 0.358 e. The summed E-state index contributed by atoms with van der Waals surface area (Å²) in [4.78, 5) is 45.2. The zero-order valence-electron chi connectivity index (χ0n) is 14.1. The lowest BCUT2D eigenvalue weighted by Crippen LogP contribution is -2.37. The maximum atomic E-state index is 11.5. The van der Waals surface area contributed by atoms with Crippen LogP contribution in [-0.2, 0) is 19.2 Å². The Balaban J connectivity index is 3.49. The first-order valence-corrected chi connectivity index (χ1v) is 9.96. The highest BCUT2D eigenvalue weighted by Crippen LogP contribution is 2.06. The predicted molar refractivity (Wildman–Crippen MR) is 98.0 cm³/mol. The quantitative estimate of drug-likeness (QED) is 0.304. The highest BCUT2D eigenvalue weighted by Gasteiger charge is 2.06. The van der Waals surface area contributed by atoms with Gasteiger partial charge < -0.3 is 21.3 Å². The van der Waals surface area contributed by atoms with E-state index in [0.717, 1.165) is 17.9 Å². The highest BCUT2D eigenvalue weighted by molar-refractivity contribution is 8.03. The number of nitrogens with one attached hydrogen (secondary N) is 4. The zero-order valence-corrected chi connectivity index (χ0v) is 15.7. The van der Waals surface area contributed by atoms with Crippen molar-refractivity contribution in [3.05, 3.63) is 0 Å². The molecule has 0 heterocycles. The summed E-state index contributed by atoms with van der Waals surface area (Å²) in [7, 11) is 1.51. The zero-order chi connectivity index (χ0) is 18.2. The molecule has 0 radical (unpaired) electrons. The molecule has 0 fully saturated rings. The fraction of sp³-hybridized carbons (Fsp3) is 0.714. The van der Waals surface area contributed by atoms with Crippen LogP contribution in [0.4, 0.5) is 0 Å². The molecule has 10 heteroatoms. The molecule has 0 bridgehead atoms. The molecule has 138 valence electrons. The summed E-state index contributed by atoms with van der Waals surface area (Å²) in [5.41, 5.74) is 0. The van der Waals surface area contributed by atoms with Crippen LogP contribution in [-0.4, -0.2) is 73.3 Å². The number of carbonyl (C=O) groups excluding carboxylic acids is 4. The van der Waals surface area contributed by atoms with Gasteiger partial charge in [0.05, 0.1) is 24.6 Å². The number of hydrogen-bond donors (Lipinski definition) is 4. The van der Waals surface area contributed by atoms with Crippen LogP contribution in [0.15, 0.2) is 0 Å². The van der Waals surface area contributed by atoms with E-state index in [1.54, 1.807) is 0 Å². The SMILES string of the molecule is CCCNC(=O)CNC(=O)CSCCSCC(=O)NCC(=O)NC. The Bertz CT molecular complexity index is 422. The summed E-state index contributed by atoms with van der Waals surface area (Å²) in [6.45, 7) is 2.55. The topological polar surface area (TPSA) is 116 Å². The summed E-state index contributed by atoms with van der Waals surface area (Å²) >= 11 is 2.88. The molecular weight excluding hydrogens is 352 g/mol. The van der Waals surface area contributed by atoms with Crippen molar-refractivity contribution >= 4 is 47.2 Å². The van der Waals surface area contributed by atoms with Gasteiger partial charge in [-0.3, -0.25) is 19.2 Å².